The number of rotatable bonds is 2. The van der Waals surface area contributed by atoms with E-state index < -0.39 is 5.82 Å². The van der Waals surface area contributed by atoms with Crippen LogP contribution in [-0.2, 0) is 9.53 Å². The summed E-state index contributed by atoms with van der Waals surface area (Å²) in [5.41, 5.74) is 0.162. The van der Waals surface area contributed by atoms with E-state index in [0.29, 0.717) is 32.8 Å². The second-order valence-corrected chi connectivity index (χ2v) is 5.72. The Morgan fingerprint density at radius 1 is 1.13 bits per heavy atom. The molecule has 3 amide bonds. The van der Waals surface area contributed by atoms with Gasteiger partial charge in [-0.05, 0) is 25.0 Å². The summed E-state index contributed by atoms with van der Waals surface area (Å²) in [5.74, 6) is -0.454. The minimum absolute atomic E-state index is 0.0108. The van der Waals surface area contributed by atoms with Crippen LogP contribution in [-0.4, -0.2) is 60.6 Å². The van der Waals surface area contributed by atoms with Gasteiger partial charge >= 0.3 is 6.03 Å². The van der Waals surface area contributed by atoms with Gasteiger partial charge in [0.25, 0.3) is 5.91 Å². The highest BCUT2D eigenvalue weighted by atomic mass is 19.1. The largest absolute Gasteiger partial charge is 0.368 e. The molecule has 7 heteroatoms. The van der Waals surface area contributed by atoms with Crippen LogP contribution in [0, 0.1) is 5.82 Å². The van der Waals surface area contributed by atoms with Crippen molar-refractivity contribution < 1.29 is 18.7 Å². The summed E-state index contributed by atoms with van der Waals surface area (Å²) in [4.78, 5) is 27.7. The number of anilines is 1. The van der Waals surface area contributed by atoms with Gasteiger partial charge in [0, 0.05) is 32.8 Å². The van der Waals surface area contributed by atoms with Gasteiger partial charge < -0.3 is 19.9 Å². The lowest BCUT2D eigenvalue weighted by molar-refractivity contribution is -0.142. The minimum atomic E-state index is -0.465. The summed E-state index contributed by atoms with van der Waals surface area (Å²) in [6.45, 7) is 2.45. The van der Waals surface area contributed by atoms with Crippen LogP contribution in [0.25, 0.3) is 0 Å². The summed E-state index contributed by atoms with van der Waals surface area (Å²) in [6, 6.07) is 5.70. The monoisotopic (exact) mass is 321 g/mol. The summed E-state index contributed by atoms with van der Waals surface area (Å²) in [7, 11) is 0. The van der Waals surface area contributed by atoms with Crippen LogP contribution in [0.2, 0.25) is 0 Å². The van der Waals surface area contributed by atoms with Gasteiger partial charge in [-0.25, -0.2) is 9.18 Å². The molecule has 1 aromatic carbocycles. The van der Waals surface area contributed by atoms with E-state index in [4.69, 9.17) is 4.74 Å². The van der Waals surface area contributed by atoms with Gasteiger partial charge in [0.05, 0.1) is 5.69 Å². The SMILES string of the molecule is O=C(Nc1ccccc1F)N1CCN(C(=O)C2CCCO2)CC1. The van der Waals surface area contributed by atoms with Crippen LogP contribution in [0.15, 0.2) is 24.3 Å². The van der Waals surface area contributed by atoms with E-state index in [2.05, 4.69) is 5.32 Å². The molecule has 2 saturated heterocycles. The first kappa shape index (κ1) is 15.7. The van der Waals surface area contributed by atoms with Crippen molar-refractivity contribution >= 4 is 17.6 Å². The van der Waals surface area contributed by atoms with E-state index in [1.54, 1.807) is 21.9 Å². The Morgan fingerprint density at radius 2 is 1.83 bits per heavy atom. The lowest BCUT2D eigenvalue weighted by atomic mass is 10.2. The number of hydrogen-bond acceptors (Lipinski definition) is 3. The smallest absolute Gasteiger partial charge is 0.322 e. The van der Waals surface area contributed by atoms with E-state index in [9.17, 15) is 14.0 Å². The molecule has 1 unspecified atom stereocenters. The van der Waals surface area contributed by atoms with Crippen molar-refractivity contribution in [2.75, 3.05) is 38.1 Å². The summed E-state index contributed by atoms with van der Waals surface area (Å²) in [6.07, 6.45) is 1.36. The second kappa shape index (κ2) is 6.95. The van der Waals surface area contributed by atoms with Crippen LogP contribution >= 0.6 is 0 Å². The maximum atomic E-state index is 13.6. The number of ether oxygens (including phenoxy) is 1. The predicted molar refractivity (Wildman–Crippen MR) is 82.5 cm³/mol. The predicted octanol–water partition coefficient (Wildman–Crippen LogP) is 1.68. The minimum Gasteiger partial charge on any atom is -0.368 e. The molecule has 3 rings (SSSR count). The Hall–Kier alpha value is -2.15. The van der Waals surface area contributed by atoms with Crippen molar-refractivity contribution in [3.8, 4) is 0 Å². The first-order valence-electron chi connectivity index (χ1n) is 7.86. The summed E-state index contributed by atoms with van der Waals surface area (Å²) >= 11 is 0. The number of hydrogen-bond donors (Lipinski definition) is 1. The number of para-hydroxylation sites is 1. The maximum absolute atomic E-state index is 13.6. The lowest BCUT2D eigenvalue weighted by Crippen LogP contribution is -2.53. The number of carbonyl (C=O) groups excluding carboxylic acids is 2. The zero-order valence-corrected chi connectivity index (χ0v) is 12.8. The quantitative estimate of drug-likeness (QED) is 0.901. The third-order valence-electron chi connectivity index (χ3n) is 4.20. The number of urea groups is 1. The Kier molecular flexibility index (Phi) is 4.76. The van der Waals surface area contributed by atoms with Crippen molar-refractivity contribution in [1.29, 1.82) is 0 Å². The second-order valence-electron chi connectivity index (χ2n) is 5.72. The van der Waals surface area contributed by atoms with Crippen molar-refractivity contribution in [2.45, 2.75) is 18.9 Å². The third-order valence-corrected chi connectivity index (χ3v) is 4.20. The zero-order valence-electron chi connectivity index (χ0n) is 12.8. The van der Waals surface area contributed by atoms with Gasteiger partial charge in [-0.3, -0.25) is 4.79 Å². The first-order valence-corrected chi connectivity index (χ1v) is 7.86. The molecule has 23 heavy (non-hydrogen) atoms. The van der Waals surface area contributed by atoms with E-state index in [1.807, 2.05) is 0 Å². The molecule has 6 nitrogen and oxygen atoms in total. The molecule has 2 aliphatic rings. The molecule has 0 saturated carbocycles. The topological polar surface area (TPSA) is 61.9 Å². The highest BCUT2D eigenvalue weighted by Crippen LogP contribution is 2.17. The molecule has 1 atom stereocenters. The fourth-order valence-electron chi connectivity index (χ4n) is 2.86. The van der Waals surface area contributed by atoms with Crippen molar-refractivity contribution in [3.05, 3.63) is 30.1 Å². The molecular formula is C16H20FN3O3. The fourth-order valence-corrected chi connectivity index (χ4v) is 2.86. The lowest BCUT2D eigenvalue weighted by Gasteiger charge is -2.35. The van der Waals surface area contributed by atoms with Gasteiger partial charge in [0.2, 0.25) is 0 Å². The summed E-state index contributed by atoms with van der Waals surface area (Å²) < 4.78 is 19.0. The molecule has 1 aromatic rings. The van der Waals surface area contributed by atoms with Crippen LogP contribution in [0.3, 0.4) is 0 Å². The fraction of sp³-hybridized carbons (Fsp3) is 0.500. The molecule has 0 aliphatic carbocycles. The zero-order chi connectivity index (χ0) is 16.2. The molecular weight excluding hydrogens is 301 g/mol. The van der Waals surface area contributed by atoms with Gasteiger partial charge in [0.15, 0.2) is 0 Å². The number of nitrogens with one attached hydrogen (secondary N) is 1. The number of piperazine rings is 1. The summed E-state index contributed by atoms with van der Waals surface area (Å²) in [5, 5.41) is 2.56. The molecule has 2 aliphatic heterocycles. The highest BCUT2D eigenvalue weighted by molar-refractivity contribution is 5.89. The molecule has 1 N–H and O–H groups in total. The van der Waals surface area contributed by atoms with Crippen LogP contribution in [0.4, 0.5) is 14.9 Å². The van der Waals surface area contributed by atoms with Gasteiger partial charge in [-0.1, -0.05) is 12.1 Å². The third kappa shape index (κ3) is 3.61. The molecule has 2 fully saturated rings. The van der Waals surface area contributed by atoms with Gasteiger partial charge in [0.1, 0.15) is 11.9 Å². The number of nitrogens with zero attached hydrogens (tertiary/aromatic N) is 2. The molecule has 0 aromatic heterocycles. The molecule has 0 spiro atoms. The van der Waals surface area contributed by atoms with Gasteiger partial charge in [-0.2, -0.15) is 0 Å². The van der Waals surface area contributed by atoms with Crippen molar-refractivity contribution in [3.63, 3.8) is 0 Å². The average Bonchev–Trinajstić information content (AvgIpc) is 3.11. The van der Waals surface area contributed by atoms with Crippen LogP contribution in [0.1, 0.15) is 12.8 Å². The Morgan fingerprint density at radius 3 is 2.48 bits per heavy atom. The number of benzene rings is 1. The molecule has 2 heterocycles. The highest BCUT2D eigenvalue weighted by Gasteiger charge is 2.31. The van der Waals surface area contributed by atoms with Crippen LogP contribution in [0.5, 0.6) is 0 Å². The van der Waals surface area contributed by atoms with E-state index in [-0.39, 0.29) is 23.7 Å². The Labute approximate surface area is 134 Å². The van der Waals surface area contributed by atoms with E-state index in [1.165, 1.54) is 12.1 Å². The normalized spacial score (nSPS) is 21.3. The van der Waals surface area contributed by atoms with Crippen molar-refractivity contribution in [1.82, 2.24) is 9.80 Å². The number of amides is 3. The standard InChI is InChI=1S/C16H20FN3O3/c17-12-4-1-2-5-13(12)18-16(22)20-9-7-19(8-10-20)15(21)14-6-3-11-23-14/h1-2,4-5,14H,3,6-11H2,(H,18,22). The average molecular weight is 321 g/mol. The van der Waals surface area contributed by atoms with Crippen LogP contribution < -0.4 is 5.32 Å². The van der Waals surface area contributed by atoms with E-state index >= 15 is 0 Å². The first-order chi connectivity index (χ1) is 11.1. The van der Waals surface area contributed by atoms with E-state index in [0.717, 1.165) is 12.8 Å². The Balaban J connectivity index is 1.51. The molecule has 0 bridgehead atoms. The number of halogens is 1. The molecule has 124 valence electrons. The van der Waals surface area contributed by atoms with Crippen molar-refractivity contribution in [2.24, 2.45) is 0 Å². The maximum Gasteiger partial charge on any atom is 0.322 e. The number of carbonyl (C=O) groups is 2. The van der Waals surface area contributed by atoms with Gasteiger partial charge in [-0.15, -0.1) is 0 Å². The molecule has 0 radical (unpaired) electrons. The Bertz CT molecular complexity index is 582.